The van der Waals surface area contributed by atoms with Gasteiger partial charge in [-0.3, -0.25) is 4.79 Å². The van der Waals surface area contributed by atoms with E-state index in [1.54, 1.807) is 0 Å². The van der Waals surface area contributed by atoms with Crippen LogP contribution < -0.4 is 5.32 Å². The lowest BCUT2D eigenvalue weighted by atomic mass is 10.0. The smallest absolute Gasteiger partial charge is 0.220 e. The fourth-order valence-corrected chi connectivity index (χ4v) is 8.40. The summed E-state index contributed by atoms with van der Waals surface area (Å²) in [5, 5.41) is 33.6. The Hall–Kier alpha value is -1.17. The van der Waals surface area contributed by atoms with Crippen molar-refractivity contribution < 1.29 is 20.1 Å². The number of allylic oxidation sites excluding steroid dienone is 4. The zero-order valence-electron chi connectivity index (χ0n) is 39.9. The fraction of sp³-hybridized carbons (Fsp3) is 0.907. The predicted molar refractivity (Wildman–Crippen MR) is 259 cm³/mol. The van der Waals surface area contributed by atoms with Gasteiger partial charge in [-0.05, 0) is 64.2 Å². The highest BCUT2D eigenvalue weighted by atomic mass is 16.3. The number of hydrogen-bond acceptors (Lipinski definition) is 4. The largest absolute Gasteiger partial charge is 0.394 e. The maximum Gasteiger partial charge on any atom is 0.220 e. The van der Waals surface area contributed by atoms with Crippen LogP contribution in [0.1, 0.15) is 290 Å². The second kappa shape index (κ2) is 49.5. The standard InChI is InChI=1S/C54H105NO4/c1-3-5-7-9-11-13-15-17-19-20-21-22-23-24-25-26-27-28-29-30-31-32-33-34-35-37-39-41-43-45-47-49-53(58)55-51(50-56)54(59)52(57)48-46-44-42-40-38-36-18-16-14-12-10-8-6-4-2/h24-25,40,42,51-52,54,56-57,59H,3-23,26-39,41,43-50H2,1-2H3,(H,55,58)/b25-24-,42-40+. The molecule has 0 aliphatic heterocycles. The molecule has 0 fully saturated rings. The van der Waals surface area contributed by atoms with E-state index >= 15 is 0 Å². The van der Waals surface area contributed by atoms with Crippen LogP contribution in [0.25, 0.3) is 0 Å². The first-order chi connectivity index (χ1) is 29.1. The number of amides is 1. The van der Waals surface area contributed by atoms with Gasteiger partial charge in [-0.15, -0.1) is 0 Å². The van der Waals surface area contributed by atoms with Gasteiger partial charge in [0.25, 0.3) is 0 Å². The number of hydrogen-bond donors (Lipinski definition) is 4. The van der Waals surface area contributed by atoms with Crippen molar-refractivity contribution in [1.29, 1.82) is 0 Å². The third-order valence-electron chi connectivity index (χ3n) is 12.5. The highest BCUT2D eigenvalue weighted by Crippen LogP contribution is 2.17. The van der Waals surface area contributed by atoms with E-state index in [2.05, 4.69) is 43.5 Å². The maximum atomic E-state index is 12.5. The molecule has 0 saturated heterocycles. The monoisotopic (exact) mass is 832 g/mol. The Labute approximate surface area is 369 Å². The molecule has 0 rings (SSSR count). The van der Waals surface area contributed by atoms with E-state index in [-0.39, 0.29) is 12.5 Å². The molecule has 4 N–H and O–H groups in total. The molecular weight excluding hydrogens is 727 g/mol. The Morgan fingerprint density at radius 3 is 0.983 bits per heavy atom. The fourth-order valence-electron chi connectivity index (χ4n) is 8.40. The van der Waals surface area contributed by atoms with Crippen molar-refractivity contribution in [3.8, 4) is 0 Å². The molecule has 3 atom stereocenters. The van der Waals surface area contributed by atoms with E-state index in [1.165, 1.54) is 225 Å². The minimum atomic E-state index is -1.16. The van der Waals surface area contributed by atoms with Crippen LogP contribution in [0.3, 0.4) is 0 Å². The van der Waals surface area contributed by atoms with Crippen LogP contribution in [0.4, 0.5) is 0 Å². The first kappa shape index (κ1) is 57.8. The van der Waals surface area contributed by atoms with Crippen LogP contribution in [0.2, 0.25) is 0 Å². The summed E-state index contributed by atoms with van der Waals surface area (Å²) in [6.07, 6.45) is 61.9. The molecule has 5 heteroatoms. The summed E-state index contributed by atoms with van der Waals surface area (Å²) in [5.41, 5.74) is 0. The van der Waals surface area contributed by atoms with Crippen LogP contribution in [0, 0.1) is 0 Å². The van der Waals surface area contributed by atoms with E-state index < -0.39 is 18.2 Å². The highest BCUT2D eigenvalue weighted by Gasteiger charge is 2.26. The molecule has 0 radical (unpaired) electrons. The average molecular weight is 832 g/mol. The van der Waals surface area contributed by atoms with Crippen molar-refractivity contribution in [1.82, 2.24) is 5.32 Å². The maximum absolute atomic E-state index is 12.5. The first-order valence-electron chi connectivity index (χ1n) is 26.6. The van der Waals surface area contributed by atoms with Gasteiger partial charge in [-0.1, -0.05) is 244 Å². The third-order valence-corrected chi connectivity index (χ3v) is 12.5. The van der Waals surface area contributed by atoms with E-state index in [4.69, 9.17) is 0 Å². The number of carbonyl (C=O) groups is 1. The van der Waals surface area contributed by atoms with Crippen LogP contribution in [-0.2, 0) is 4.79 Å². The summed E-state index contributed by atoms with van der Waals surface area (Å²) in [5.74, 6) is -0.151. The Morgan fingerprint density at radius 1 is 0.407 bits per heavy atom. The molecule has 5 nitrogen and oxygen atoms in total. The van der Waals surface area contributed by atoms with Gasteiger partial charge in [0, 0.05) is 6.42 Å². The molecule has 0 spiro atoms. The molecule has 350 valence electrons. The Bertz CT molecular complexity index is 874. The normalized spacial score (nSPS) is 13.5. The van der Waals surface area contributed by atoms with Crippen molar-refractivity contribution >= 4 is 5.91 Å². The Balaban J connectivity index is 3.51. The second-order valence-electron chi connectivity index (χ2n) is 18.4. The first-order valence-corrected chi connectivity index (χ1v) is 26.6. The quantitative estimate of drug-likeness (QED) is 0.0363. The van der Waals surface area contributed by atoms with Crippen molar-refractivity contribution in [2.24, 2.45) is 0 Å². The molecule has 0 bridgehead atoms. The van der Waals surface area contributed by atoms with E-state index in [0.29, 0.717) is 12.8 Å². The Morgan fingerprint density at radius 2 is 0.678 bits per heavy atom. The topological polar surface area (TPSA) is 89.8 Å². The SMILES string of the molecule is CCCCCCCCCCC/C=C/CCCC(O)C(O)C(CO)NC(=O)CCCCCCCCCCCCCCCCC/C=C\CCCCCCCCCCCCCC. The van der Waals surface area contributed by atoms with E-state index in [9.17, 15) is 20.1 Å². The van der Waals surface area contributed by atoms with Crippen LogP contribution in [0.15, 0.2) is 24.3 Å². The van der Waals surface area contributed by atoms with Gasteiger partial charge in [0.05, 0.1) is 18.8 Å². The number of aliphatic hydroxyl groups excluding tert-OH is 3. The van der Waals surface area contributed by atoms with Gasteiger partial charge in [0.15, 0.2) is 0 Å². The van der Waals surface area contributed by atoms with E-state index in [0.717, 1.165) is 38.5 Å². The van der Waals surface area contributed by atoms with Crippen molar-refractivity contribution in [3.05, 3.63) is 24.3 Å². The molecule has 1 amide bonds. The van der Waals surface area contributed by atoms with Crippen molar-refractivity contribution in [3.63, 3.8) is 0 Å². The molecule has 0 aliphatic carbocycles. The lowest BCUT2D eigenvalue weighted by Gasteiger charge is -2.26. The number of rotatable bonds is 49. The van der Waals surface area contributed by atoms with Crippen LogP contribution >= 0.6 is 0 Å². The summed E-state index contributed by atoms with van der Waals surface area (Å²) in [7, 11) is 0. The minimum absolute atomic E-state index is 0.151. The summed E-state index contributed by atoms with van der Waals surface area (Å²) in [6.45, 7) is 4.18. The summed E-state index contributed by atoms with van der Waals surface area (Å²) in [6, 6.07) is -0.823. The number of aliphatic hydroxyl groups is 3. The highest BCUT2D eigenvalue weighted by molar-refractivity contribution is 5.76. The zero-order chi connectivity index (χ0) is 43.0. The van der Waals surface area contributed by atoms with Gasteiger partial charge >= 0.3 is 0 Å². The van der Waals surface area contributed by atoms with Gasteiger partial charge in [-0.2, -0.15) is 0 Å². The Kier molecular flexibility index (Phi) is 48.5. The molecule has 0 aliphatic rings. The molecule has 59 heavy (non-hydrogen) atoms. The third kappa shape index (κ3) is 44.7. The number of carbonyl (C=O) groups excluding carboxylic acids is 1. The molecular formula is C54H105NO4. The van der Waals surface area contributed by atoms with Crippen LogP contribution in [-0.4, -0.2) is 46.1 Å². The number of nitrogens with one attached hydrogen (secondary N) is 1. The van der Waals surface area contributed by atoms with Gasteiger partial charge in [0.2, 0.25) is 5.91 Å². The van der Waals surface area contributed by atoms with Gasteiger partial charge < -0.3 is 20.6 Å². The molecule has 0 saturated carbocycles. The van der Waals surface area contributed by atoms with Crippen LogP contribution in [0.5, 0.6) is 0 Å². The molecule has 0 aromatic rings. The zero-order valence-corrected chi connectivity index (χ0v) is 39.9. The molecule has 0 aromatic heterocycles. The predicted octanol–water partition coefficient (Wildman–Crippen LogP) is 16.1. The molecule has 0 aromatic carbocycles. The van der Waals surface area contributed by atoms with E-state index in [1.807, 2.05) is 0 Å². The van der Waals surface area contributed by atoms with Gasteiger partial charge in [0.1, 0.15) is 6.10 Å². The van der Waals surface area contributed by atoms with Gasteiger partial charge in [-0.25, -0.2) is 0 Å². The molecule has 3 unspecified atom stereocenters. The average Bonchev–Trinajstić information content (AvgIpc) is 3.24. The van der Waals surface area contributed by atoms with Crippen molar-refractivity contribution in [2.45, 2.75) is 308 Å². The lowest BCUT2D eigenvalue weighted by Crippen LogP contribution is -2.50. The number of unbranched alkanes of at least 4 members (excludes halogenated alkanes) is 37. The van der Waals surface area contributed by atoms with Crippen molar-refractivity contribution in [2.75, 3.05) is 6.61 Å². The summed E-state index contributed by atoms with van der Waals surface area (Å²) in [4.78, 5) is 12.5. The lowest BCUT2D eigenvalue weighted by molar-refractivity contribution is -0.124. The summed E-state index contributed by atoms with van der Waals surface area (Å²) < 4.78 is 0. The second-order valence-corrected chi connectivity index (χ2v) is 18.4. The summed E-state index contributed by atoms with van der Waals surface area (Å²) >= 11 is 0. The molecule has 0 heterocycles. The minimum Gasteiger partial charge on any atom is -0.394 e.